The SMILES string of the molecule is CCCNCc1cc(=O)[nH]c(-c2ccc(C)c(Br)c2)n1. The molecule has 2 rings (SSSR count). The van der Waals surface area contributed by atoms with Gasteiger partial charge in [0, 0.05) is 22.6 Å². The molecule has 4 nitrogen and oxygen atoms in total. The minimum atomic E-state index is -0.125. The van der Waals surface area contributed by atoms with Crippen LogP contribution in [-0.2, 0) is 6.54 Å². The fraction of sp³-hybridized carbons (Fsp3) is 0.333. The molecule has 0 aliphatic carbocycles. The van der Waals surface area contributed by atoms with E-state index in [1.807, 2.05) is 25.1 Å². The van der Waals surface area contributed by atoms with Crippen LogP contribution in [0.25, 0.3) is 11.4 Å². The zero-order chi connectivity index (χ0) is 14.5. The molecule has 2 N–H and O–H groups in total. The van der Waals surface area contributed by atoms with Gasteiger partial charge < -0.3 is 10.3 Å². The third-order valence-corrected chi connectivity index (χ3v) is 3.83. The number of halogens is 1. The van der Waals surface area contributed by atoms with Crippen LogP contribution in [0.4, 0.5) is 0 Å². The summed E-state index contributed by atoms with van der Waals surface area (Å²) in [6.07, 6.45) is 1.06. The minimum absolute atomic E-state index is 0.125. The maximum absolute atomic E-state index is 11.7. The monoisotopic (exact) mass is 335 g/mol. The van der Waals surface area contributed by atoms with E-state index < -0.39 is 0 Å². The van der Waals surface area contributed by atoms with Crippen LogP contribution >= 0.6 is 15.9 Å². The Kier molecular flexibility index (Phi) is 5.09. The van der Waals surface area contributed by atoms with Crippen LogP contribution in [0.3, 0.4) is 0 Å². The predicted molar refractivity (Wildman–Crippen MR) is 84.7 cm³/mol. The lowest BCUT2D eigenvalue weighted by Crippen LogP contribution is -2.18. The topological polar surface area (TPSA) is 57.8 Å². The van der Waals surface area contributed by atoms with E-state index in [0.29, 0.717) is 12.4 Å². The molecule has 0 amide bonds. The van der Waals surface area contributed by atoms with Crippen LogP contribution in [0.5, 0.6) is 0 Å². The van der Waals surface area contributed by atoms with Crippen LogP contribution < -0.4 is 10.9 Å². The van der Waals surface area contributed by atoms with Crippen molar-refractivity contribution in [1.82, 2.24) is 15.3 Å². The van der Waals surface area contributed by atoms with Crippen molar-refractivity contribution < 1.29 is 0 Å². The van der Waals surface area contributed by atoms with Crippen LogP contribution in [-0.4, -0.2) is 16.5 Å². The van der Waals surface area contributed by atoms with Gasteiger partial charge in [0.1, 0.15) is 5.82 Å². The van der Waals surface area contributed by atoms with Crippen molar-refractivity contribution in [2.24, 2.45) is 0 Å². The molecule has 20 heavy (non-hydrogen) atoms. The largest absolute Gasteiger partial charge is 0.311 e. The smallest absolute Gasteiger partial charge is 0.251 e. The number of aromatic nitrogens is 2. The second-order valence-electron chi connectivity index (χ2n) is 4.73. The lowest BCUT2D eigenvalue weighted by Gasteiger charge is -2.07. The van der Waals surface area contributed by atoms with Gasteiger partial charge in [-0.3, -0.25) is 4.79 Å². The average molecular weight is 336 g/mol. The van der Waals surface area contributed by atoms with E-state index in [1.54, 1.807) is 0 Å². The van der Waals surface area contributed by atoms with E-state index >= 15 is 0 Å². The molecule has 0 aliphatic rings. The minimum Gasteiger partial charge on any atom is -0.311 e. The van der Waals surface area contributed by atoms with Gasteiger partial charge in [0.15, 0.2) is 0 Å². The van der Waals surface area contributed by atoms with Gasteiger partial charge in [-0.1, -0.05) is 35.0 Å². The molecule has 0 saturated carbocycles. The van der Waals surface area contributed by atoms with E-state index in [-0.39, 0.29) is 5.56 Å². The summed E-state index contributed by atoms with van der Waals surface area (Å²) in [6, 6.07) is 7.47. The van der Waals surface area contributed by atoms with E-state index in [4.69, 9.17) is 0 Å². The quantitative estimate of drug-likeness (QED) is 0.826. The van der Waals surface area contributed by atoms with Gasteiger partial charge in [0.25, 0.3) is 5.56 Å². The third kappa shape index (κ3) is 3.77. The number of benzene rings is 1. The van der Waals surface area contributed by atoms with Gasteiger partial charge in [0.05, 0.1) is 5.69 Å². The van der Waals surface area contributed by atoms with Crippen molar-refractivity contribution in [3.63, 3.8) is 0 Å². The lowest BCUT2D eigenvalue weighted by atomic mass is 10.1. The summed E-state index contributed by atoms with van der Waals surface area (Å²) in [5.74, 6) is 0.603. The summed E-state index contributed by atoms with van der Waals surface area (Å²) in [7, 11) is 0. The number of nitrogens with one attached hydrogen (secondary N) is 2. The Bertz CT molecular complexity index is 652. The van der Waals surface area contributed by atoms with Crippen LogP contribution in [0.15, 0.2) is 33.5 Å². The summed E-state index contributed by atoms with van der Waals surface area (Å²) < 4.78 is 1.01. The standard InChI is InChI=1S/C15H18BrN3O/c1-3-6-17-9-12-8-14(20)19-15(18-12)11-5-4-10(2)13(16)7-11/h4-5,7-8,17H,3,6,9H2,1-2H3,(H,18,19,20). The highest BCUT2D eigenvalue weighted by Crippen LogP contribution is 2.22. The number of hydrogen-bond donors (Lipinski definition) is 2. The van der Waals surface area contributed by atoms with Crippen molar-refractivity contribution in [2.45, 2.75) is 26.8 Å². The highest BCUT2D eigenvalue weighted by molar-refractivity contribution is 9.10. The zero-order valence-corrected chi connectivity index (χ0v) is 13.3. The number of aryl methyl sites for hydroxylation is 1. The fourth-order valence-electron chi connectivity index (χ4n) is 1.87. The lowest BCUT2D eigenvalue weighted by molar-refractivity contribution is 0.662. The van der Waals surface area contributed by atoms with Crippen LogP contribution in [0.1, 0.15) is 24.6 Å². The number of aromatic amines is 1. The molecule has 106 valence electrons. The number of rotatable bonds is 5. The molecule has 2 aromatic rings. The molecule has 5 heteroatoms. The van der Waals surface area contributed by atoms with Gasteiger partial charge in [-0.2, -0.15) is 0 Å². The Labute approximate surface area is 126 Å². The highest BCUT2D eigenvalue weighted by atomic mass is 79.9. The molecule has 1 aromatic carbocycles. The summed E-state index contributed by atoms with van der Waals surface area (Å²) >= 11 is 3.50. The van der Waals surface area contributed by atoms with Crippen molar-refractivity contribution >= 4 is 15.9 Å². The Morgan fingerprint density at radius 2 is 2.15 bits per heavy atom. The van der Waals surface area contributed by atoms with Gasteiger partial charge in [-0.05, 0) is 31.5 Å². The number of H-pyrrole nitrogens is 1. The first kappa shape index (κ1) is 14.9. The second kappa shape index (κ2) is 6.81. The van der Waals surface area contributed by atoms with Crippen molar-refractivity contribution in [1.29, 1.82) is 0 Å². The molecular formula is C15H18BrN3O. The van der Waals surface area contributed by atoms with Gasteiger partial charge in [0.2, 0.25) is 0 Å². The molecule has 0 fully saturated rings. The predicted octanol–water partition coefficient (Wildman–Crippen LogP) is 3.01. The van der Waals surface area contributed by atoms with E-state index in [0.717, 1.165) is 34.3 Å². The summed E-state index contributed by atoms with van der Waals surface area (Å²) in [4.78, 5) is 19.0. The molecular weight excluding hydrogens is 318 g/mol. The first-order valence-corrected chi connectivity index (χ1v) is 7.47. The van der Waals surface area contributed by atoms with E-state index in [9.17, 15) is 4.79 Å². The molecule has 1 heterocycles. The molecule has 0 saturated heterocycles. The Hall–Kier alpha value is -1.46. The second-order valence-corrected chi connectivity index (χ2v) is 5.58. The molecule has 0 aliphatic heterocycles. The summed E-state index contributed by atoms with van der Waals surface area (Å²) in [5.41, 5.74) is 2.68. The van der Waals surface area contributed by atoms with E-state index in [1.165, 1.54) is 6.07 Å². The zero-order valence-electron chi connectivity index (χ0n) is 11.7. The highest BCUT2D eigenvalue weighted by Gasteiger charge is 2.05. The van der Waals surface area contributed by atoms with E-state index in [2.05, 4.69) is 38.1 Å². The van der Waals surface area contributed by atoms with Crippen molar-refractivity contribution in [3.8, 4) is 11.4 Å². The van der Waals surface area contributed by atoms with Crippen molar-refractivity contribution in [3.05, 3.63) is 50.3 Å². The maximum atomic E-state index is 11.7. The third-order valence-electron chi connectivity index (χ3n) is 2.97. The van der Waals surface area contributed by atoms with Crippen molar-refractivity contribution in [2.75, 3.05) is 6.54 Å². The first-order valence-electron chi connectivity index (χ1n) is 6.67. The van der Waals surface area contributed by atoms with Gasteiger partial charge >= 0.3 is 0 Å². The first-order chi connectivity index (χ1) is 9.60. The summed E-state index contributed by atoms with van der Waals surface area (Å²) in [5, 5.41) is 3.25. The van der Waals surface area contributed by atoms with Crippen LogP contribution in [0.2, 0.25) is 0 Å². The average Bonchev–Trinajstić information content (AvgIpc) is 2.41. The Morgan fingerprint density at radius 3 is 2.85 bits per heavy atom. The van der Waals surface area contributed by atoms with Gasteiger partial charge in [-0.15, -0.1) is 0 Å². The van der Waals surface area contributed by atoms with Crippen LogP contribution in [0, 0.1) is 6.92 Å². The fourth-order valence-corrected chi connectivity index (χ4v) is 2.25. The normalized spacial score (nSPS) is 10.8. The molecule has 0 radical (unpaired) electrons. The van der Waals surface area contributed by atoms with Gasteiger partial charge in [-0.25, -0.2) is 4.98 Å². The summed E-state index contributed by atoms with van der Waals surface area (Å²) in [6.45, 7) is 5.65. The molecule has 0 bridgehead atoms. The maximum Gasteiger partial charge on any atom is 0.251 e. The number of hydrogen-bond acceptors (Lipinski definition) is 3. The Morgan fingerprint density at radius 1 is 1.35 bits per heavy atom. The molecule has 0 unspecified atom stereocenters. The molecule has 1 aromatic heterocycles. The number of nitrogens with zero attached hydrogens (tertiary/aromatic N) is 1. The molecule has 0 spiro atoms. The Balaban J connectivity index is 2.31. The molecule has 0 atom stereocenters.